The molecule has 0 bridgehead atoms. The number of nitro groups is 1. The number of carbonyl (C=O) groups excluding carboxylic acids is 2. The van der Waals surface area contributed by atoms with Gasteiger partial charge in [-0.3, -0.25) is 9.59 Å². The highest BCUT2D eigenvalue weighted by atomic mass is 16.7. The van der Waals surface area contributed by atoms with Crippen LogP contribution in [0.25, 0.3) is 0 Å². The number of amides is 1. The van der Waals surface area contributed by atoms with Gasteiger partial charge in [0.1, 0.15) is 11.5 Å². The fraction of sp³-hybridized carbons (Fsp3) is 0.273. The molecule has 0 aliphatic carbocycles. The molecule has 0 saturated carbocycles. The van der Waals surface area contributed by atoms with Gasteiger partial charge in [-0.15, -0.1) is 0 Å². The molecule has 0 aliphatic heterocycles. The molecule has 0 saturated heterocycles. The SMILES string of the molecule is CC(=O)CC(=O)N(c1ccc(C)cc1)[N+](=O)[O-]. The normalized spacial score (nSPS) is 9.76. The summed E-state index contributed by atoms with van der Waals surface area (Å²) in [6, 6.07) is 6.26. The molecule has 90 valence electrons. The smallest absolute Gasteiger partial charge is 0.296 e. The van der Waals surface area contributed by atoms with E-state index in [-0.39, 0.29) is 5.69 Å². The van der Waals surface area contributed by atoms with Crippen LogP contribution >= 0.6 is 0 Å². The van der Waals surface area contributed by atoms with Crippen molar-refractivity contribution < 1.29 is 14.6 Å². The monoisotopic (exact) mass is 236 g/mol. The molecule has 0 fully saturated rings. The number of hydrazine groups is 1. The van der Waals surface area contributed by atoms with Crippen molar-refractivity contribution in [2.75, 3.05) is 5.01 Å². The van der Waals surface area contributed by atoms with Crippen LogP contribution in [0.15, 0.2) is 24.3 Å². The Kier molecular flexibility index (Phi) is 3.92. The number of hydrogen-bond acceptors (Lipinski definition) is 4. The van der Waals surface area contributed by atoms with Crippen LogP contribution in [0.2, 0.25) is 0 Å². The maximum Gasteiger partial charge on any atom is 0.296 e. The summed E-state index contributed by atoms with van der Waals surface area (Å²) in [7, 11) is 0. The Labute approximate surface area is 98.0 Å². The number of aryl methyl sites for hydroxylation is 1. The molecule has 1 rings (SSSR count). The zero-order valence-electron chi connectivity index (χ0n) is 9.54. The number of carbonyl (C=O) groups is 2. The molecule has 1 aromatic rings. The van der Waals surface area contributed by atoms with Crippen molar-refractivity contribution in [1.82, 2.24) is 0 Å². The Morgan fingerprint density at radius 1 is 1.29 bits per heavy atom. The maximum atomic E-state index is 11.5. The molecule has 1 aromatic carbocycles. The van der Waals surface area contributed by atoms with Crippen LogP contribution in [0, 0.1) is 17.0 Å². The second-order valence-electron chi connectivity index (χ2n) is 3.66. The second-order valence-corrected chi connectivity index (χ2v) is 3.66. The molecule has 17 heavy (non-hydrogen) atoms. The van der Waals surface area contributed by atoms with Crippen molar-refractivity contribution in [3.05, 3.63) is 39.9 Å². The predicted octanol–water partition coefficient (Wildman–Crippen LogP) is 1.50. The molecular formula is C11H12N2O4. The highest BCUT2D eigenvalue weighted by Crippen LogP contribution is 2.16. The third kappa shape index (κ3) is 3.37. The van der Waals surface area contributed by atoms with Crippen LogP contribution < -0.4 is 5.01 Å². The quantitative estimate of drug-likeness (QED) is 0.450. The Hall–Kier alpha value is -2.24. The van der Waals surface area contributed by atoms with E-state index in [4.69, 9.17) is 0 Å². The van der Waals surface area contributed by atoms with Gasteiger partial charge in [0.05, 0.1) is 6.42 Å². The van der Waals surface area contributed by atoms with Crippen molar-refractivity contribution in [2.24, 2.45) is 0 Å². The summed E-state index contributed by atoms with van der Waals surface area (Å²) < 4.78 is 0. The van der Waals surface area contributed by atoms with Gasteiger partial charge in [0.15, 0.2) is 5.03 Å². The first-order valence-corrected chi connectivity index (χ1v) is 4.95. The number of hydrogen-bond donors (Lipinski definition) is 0. The van der Waals surface area contributed by atoms with E-state index in [1.165, 1.54) is 19.1 Å². The van der Waals surface area contributed by atoms with E-state index in [1.54, 1.807) is 12.1 Å². The Balaban J connectivity index is 3.01. The average molecular weight is 236 g/mol. The lowest BCUT2D eigenvalue weighted by Gasteiger charge is -2.11. The molecule has 0 atom stereocenters. The van der Waals surface area contributed by atoms with Crippen molar-refractivity contribution in [1.29, 1.82) is 0 Å². The van der Waals surface area contributed by atoms with Crippen molar-refractivity contribution in [3.63, 3.8) is 0 Å². The number of Topliss-reactive ketones (excluding diaryl/α,β-unsaturated/α-hetero) is 1. The minimum absolute atomic E-state index is 0.145. The summed E-state index contributed by atoms with van der Waals surface area (Å²) in [6.07, 6.45) is -0.477. The van der Waals surface area contributed by atoms with Gasteiger partial charge in [-0.25, -0.2) is 10.1 Å². The van der Waals surface area contributed by atoms with Gasteiger partial charge < -0.3 is 0 Å². The molecule has 0 N–H and O–H groups in total. The van der Waals surface area contributed by atoms with Crippen LogP contribution in [0.3, 0.4) is 0 Å². The minimum atomic E-state index is -0.841. The second kappa shape index (κ2) is 5.20. The van der Waals surface area contributed by atoms with Gasteiger partial charge >= 0.3 is 0 Å². The fourth-order valence-corrected chi connectivity index (χ4v) is 1.30. The number of anilines is 1. The highest BCUT2D eigenvalue weighted by Gasteiger charge is 2.27. The van der Waals surface area contributed by atoms with E-state index >= 15 is 0 Å². The van der Waals surface area contributed by atoms with Crippen molar-refractivity contribution >= 4 is 17.4 Å². The molecule has 6 nitrogen and oxygen atoms in total. The van der Waals surface area contributed by atoms with Crippen LogP contribution in [0.5, 0.6) is 0 Å². The first kappa shape index (κ1) is 12.8. The van der Waals surface area contributed by atoms with Gasteiger partial charge in [-0.05, 0) is 31.0 Å². The van der Waals surface area contributed by atoms with Crippen molar-refractivity contribution in [2.45, 2.75) is 20.3 Å². The molecule has 1 amide bonds. The molecular weight excluding hydrogens is 224 g/mol. The molecule has 0 radical (unpaired) electrons. The van der Waals surface area contributed by atoms with E-state index in [0.29, 0.717) is 5.01 Å². The van der Waals surface area contributed by atoms with Gasteiger partial charge in [0, 0.05) is 0 Å². The molecule has 0 spiro atoms. The zero-order chi connectivity index (χ0) is 13.0. The molecule has 6 heteroatoms. The first-order valence-electron chi connectivity index (χ1n) is 4.95. The Morgan fingerprint density at radius 2 is 1.82 bits per heavy atom. The third-order valence-corrected chi connectivity index (χ3v) is 2.08. The lowest BCUT2D eigenvalue weighted by atomic mass is 10.2. The van der Waals surface area contributed by atoms with E-state index < -0.39 is 23.1 Å². The summed E-state index contributed by atoms with van der Waals surface area (Å²) in [5.74, 6) is -1.25. The Morgan fingerprint density at radius 3 is 2.24 bits per heavy atom. The van der Waals surface area contributed by atoms with Crippen LogP contribution in [-0.4, -0.2) is 16.7 Å². The van der Waals surface area contributed by atoms with Crippen LogP contribution in [0.4, 0.5) is 5.69 Å². The predicted molar refractivity (Wildman–Crippen MR) is 61.0 cm³/mol. The zero-order valence-corrected chi connectivity index (χ0v) is 9.54. The van der Waals surface area contributed by atoms with E-state index in [1.807, 2.05) is 6.92 Å². The summed E-state index contributed by atoms with van der Waals surface area (Å²) in [6.45, 7) is 3.04. The van der Waals surface area contributed by atoms with Crippen molar-refractivity contribution in [3.8, 4) is 0 Å². The lowest BCUT2D eigenvalue weighted by molar-refractivity contribution is -0.483. The standard InChI is InChI=1S/C11H12N2O4/c1-8-3-5-10(6-4-8)12(13(16)17)11(15)7-9(2)14/h3-6H,7H2,1-2H3. The maximum absolute atomic E-state index is 11.5. The van der Waals surface area contributed by atoms with Gasteiger partial charge in [-0.2, -0.15) is 0 Å². The molecule has 0 aromatic heterocycles. The number of ketones is 1. The van der Waals surface area contributed by atoms with Gasteiger partial charge in [0.25, 0.3) is 5.91 Å². The van der Waals surface area contributed by atoms with Gasteiger partial charge in [0.2, 0.25) is 0 Å². The largest absolute Gasteiger partial charge is 0.299 e. The van der Waals surface area contributed by atoms with Crippen LogP contribution in [0.1, 0.15) is 18.9 Å². The topological polar surface area (TPSA) is 80.5 Å². The minimum Gasteiger partial charge on any atom is -0.299 e. The third-order valence-electron chi connectivity index (χ3n) is 2.08. The fourth-order valence-electron chi connectivity index (χ4n) is 1.30. The highest BCUT2D eigenvalue weighted by molar-refractivity contribution is 6.03. The summed E-state index contributed by atoms with van der Waals surface area (Å²) >= 11 is 0. The van der Waals surface area contributed by atoms with Crippen LogP contribution in [-0.2, 0) is 9.59 Å². The lowest BCUT2D eigenvalue weighted by Crippen LogP contribution is -2.37. The molecule has 0 unspecified atom stereocenters. The van der Waals surface area contributed by atoms with E-state index in [9.17, 15) is 19.7 Å². The summed E-state index contributed by atoms with van der Waals surface area (Å²) in [5.41, 5.74) is 1.07. The number of nitrogens with zero attached hydrogens (tertiary/aromatic N) is 2. The molecule has 0 aliphatic rings. The summed E-state index contributed by atoms with van der Waals surface area (Å²) in [4.78, 5) is 33.1. The Bertz CT molecular complexity index is 453. The summed E-state index contributed by atoms with van der Waals surface area (Å²) in [5, 5.41) is 10.4. The molecule has 0 heterocycles. The average Bonchev–Trinajstić information content (AvgIpc) is 2.19. The van der Waals surface area contributed by atoms with E-state index in [2.05, 4.69) is 0 Å². The number of benzene rings is 1. The van der Waals surface area contributed by atoms with E-state index in [0.717, 1.165) is 5.56 Å². The first-order chi connectivity index (χ1) is 7.91. The number of rotatable bonds is 4. The van der Waals surface area contributed by atoms with Gasteiger partial charge in [-0.1, -0.05) is 17.7 Å².